The van der Waals surface area contributed by atoms with Crippen LogP contribution in [-0.4, -0.2) is 43.8 Å². The van der Waals surface area contributed by atoms with Gasteiger partial charge in [-0.25, -0.2) is 0 Å². The van der Waals surface area contributed by atoms with E-state index in [1.54, 1.807) is 24.3 Å². The molecule has 3 atom stereocenters. The Balaban J connectivity index is 1.58. The van der Waals surface area contributed by atoms with Crippen LogP contribution in [0.3, 0.4) is 0 Å². The Labute approximate surface area is 227 Å². The minimum Gasteiger partial charge on any atom is -0.388 e. The van der Waals surface area contributed by atoms with Crippen molar-refractivity contribution in [3.8, 4) is 6.07 Å². The first-order chi connectivity index (χ1) is 18.5. The maximum atomic E-state index is 13.0. The van der Waals surface area contributed by atoms with Gasteiger partial charge in [-0.15, -0.1) is 0 Å². The maximum absolute atomic E-state index is 13.0. The van der Waals surface area contributed by atoms with E-state index < -0.39 is 6.04 Å². The van der Waals surface area contributed by atoms with Crippen molar-refractivity contribution in [3.05, 3.63) is 58.6 Å². The zero-order chi connectivity index (χ0) is 26.9. The number of hydrogen-bond acceptors (Lipinski definition) is 8. The third-order valence-corrected chi connectivity index (χ3v) is 6.79. The Morgan fingerprint density at radius 3 is 2.92 bits per heavy atom. The molecule has 11 heteroatoms. The van der Waals surface area contributed by atoms with Gasteiger partial charge in [0.2, 0.25) is 5.91 Å². The third-order valence-electron chi connectivity index (χ3n) is 6.55. The average Bonchev–Trinajstić information content (AvgIpc) is 3.36. The lowest BCUT2D eigenvalue weighted by Crippen LogP contribution is -2.46. The molecule has 0 aromatic heterocycles. The fraction of sp³-hybridized carbons (Fsp3) is 0.333. The van der Waals surface area contributed by atoms with Crippen LogP contribution in [0.2, 0.25) is 5.02 Å². The van der Waals surface area contributed by atoms with Gasteiger partial charge in [-0.2, -0.15) is 10.4 Å². The number of carbonyl (C=O) groups excluding carboxylic acids is 1. The third kappa shape index (κ3) is 6.55. The van der Waals surface area contributed by atoms with E-state index in [0.29, 0.717) is 28.5 Å². The van der Waals surface area contributed by atoms with Gasteiger partial charge in [-0.3, -0.25) is 9.79 Å². The fourth-order valence-electron chi connectivity index (χ4n) is 4.61. The van der Waals surface area contributed by atoms with Crippen molar-refractivity contribution in [2.75, 3.05) is 29.5 Å². The van der Waals surface area contributed by atoms with Crippen LogP contribution in [0.1, 0.15) is 42.9 Å². The van der Waals surface area contributed by atoms with Crippen molar-refractivity contribution < 1.29 is 4.79 Å². The van der Waals surface area contributed by atoms with Crippen molar-refractivity contribution >= 4 is 52.8 Å². The summed E-state index contributed by atoms with van der Waals surface area (Å²) < 4.78 is 0. The number of fused-ring (bicyclic) bond motifs is 3. The van der Waals surface area contributed by atoms with Crippen molar-refractivity contribution in [2.45, 2.75) is 43.8 Å². The molecule has 2 aliphatic heterocycles. The molecule has 38 heavy (non-hydrogen) atoms. The molecule has 2 bridgehead atoms. The molecule has 2 aromatic carbocycles. The number of aliphatic imine (C=N–C) groups is 1. The number of benzene rings is 2. The minimum atomic E-state index is -0.536. The number of hydrazone groups is 1. The highest BCUT2D eigenvalue weighted by Gasteiger charge is 2.35. The molecule has 0 fully saturated rings. The molecule has 1 amide bonds. The van der Waals surface area contributed by atoms with E-state index >= 15 is 0 Å². The summed E-state index contributed by atoms with van der Waals surface area (Å²) in [6.07, 6.45) is 8.09. The summed E-state index contributed by atoms with van der Waals surface area (Å²) in [7, 11) is 1.88. The highest BCUT2D eigenvalue weighted by molar-refractivity contribution is 6.30. The minimum absolute atomic E-state index is 0.275. The lowest BCUT2D eigenvalue weighted by Gasteiger charge is -2.19. The van der Waals surface area contributed by atoms with Crippen molar-refractivity contribution in [1.82, 2.24) is 10.6 Å². The Kier molecular flexibility index (Phi) is 9.06. The number of nitrogens with zero attached hydrogens (tertiary/aromatic N) is 3. The van der Waals surface area contributed by atoms with Crippen LogP contribution in [-0.2, 0) is 4.79 Å². The summed E-state index contributed by atoms with van der Waals surface area (Å²) >= 11 is 6.15. The van der Waals surface area contributed by atoms with Gasteiger partial charge in [0.1, 0.15) is 24.3 Å². The van der Waals surface area contributed by atoms with E-state index in [4.69, 9.17) is 22.4 Å². The zero-order valence-electron chi connectivity index (χ0n) is 21.2. The van der Waals surface area contributed by atoms with Crippen LogP contribution >= 0.6 is 11.6 Å². The molecular formula is C27H32ClN9O. The smallest absolute Gasteiger partial charge is 0.244 e. The van der Waals surface area contributed by atoms with Crippen molar-refractivity contribution in [2.24, 2.45) is 15.9 Å². The second-order valence-corrected chi connectivity index (χ2v) is 9.52. The van der Waals surface area contributed by atoms with Crippen LogP contribution in [0.15, 0.2) is 52.6 Å². The van der Waals surface area contributed by atoms with Crippen LogP contribution in [0.25, 0.3) is 6.08 Å². The SMILES string of the molecule is CNc1ccc2c(c1)NCCCCC[C@H](NC(=O)/C=C/c1cc(Cl)ccc1N/C=N\N)C1=NC2C(C#N)N1. The lowest BCUT2D eigenvalue weighted by atomic mass is 9.99. The van der Waals surface area contributed by atoms with Gasteiger partial charge in [0.15, 0.2) is 0 Å². The number of amides is 1. The van der Waals surface area contributed by atoms with E-state index in [9.17, 15) is 10.1 Å². The summed E-state index contributed by atoms with van der Waals surface area (Å²) in [5.74, 6) is 5.54. The van der Waals surface area contributed by atoms with Gasteiger partial charge < -0.3 is 32.4 Å². The van der Waals surface area contributed by atoms with Crippen LogP contribution in [0.5, 0.6) is 0 Å². The lowest BCUT2D eigenvalue weighted by molar-refractivity contribution is -0.116. The summed E-state index contributed by atoms with van der Waals surface area (Å²) in [5.41, 5.74) is 4.30. The van der Waals surface area contributed by atoms with Crippen LogP contribution in [0, 0.1) is 11.3 Å². The van der Waals surface area contributed by atoms with E-state index in [1.165, 1.54) is 12.4 Å². The number of nitrogens with two attached hydrogens (primary N) is 1. The first-order valence-electron chi connectivity index (χ1n) is 12.6. The highest BCUT2D eigenvalue weighted by Crippen LogP contribution is 2.34. The first-order valence-corrected chi connectivity index (χ1v) is 13.0. The summed E-state index contributed by atoms with van der Waals surface area (Å²) in [4.78, 5) is 17.9. The monoisotopic (exact) mass is 533 g/mol. The van der Waals surface area contributed by atoms with E-state index in [2.05, 4.69) is 37.8 Å². The number of amidine groups is 1. The van der Waals surface area contributed by atoms with Crippen LogP contribution in [0.4, 0.5) is 17.1 Å². The average molecular weight is 534 g/mol. The Hall–Kier alpha value is -4.23. The van der Waals surface area contributed by atoms with E-state index in [1.807, 2.05) is 25.2 Å². The number of rotatable bonds is 6. The number of halogens is 1. The molecule has 0 saturated heterocycles. The zero-order valence-corrected chi connectivity index (χ0v) is 21.9. The van der Waals surface area contributed by atoms with Gasteiger partial charge in [0, 0.05) is 47.3 Å². The normalized spacial score (nSPS) is 21.2. The molecule has 7 N–H and O–H groups in total. The Morgan fingerprint density at radius 2 is 2.13 bits per heavy atom. The standard InChI is InChI=1S/C27H32ClN9O/c1-31-19-8-9-20-23(14-19)32-12-4-2-3-5-22(27-36-24(15-29)26(20)37-27)35-25(38)11-6-17-13-18(28)7-10-21(17)33-16-34-30/h6-11,13-14,16,22,24,26,31-32H,2-5,12,30H2,1H3,(H,33,34)(H,35,38)(H,36,37)/b11-6+/t22-,24?,26?/m0/s1. The number of nitrogens with one attached hydrogen (secondary N) is 5. The van der Waals surface area contributed by atoms with Gasteiger partial charge in [0.05, 0.1) is 12.1 Å². The van der Waals surface area contributed by atoms with Crippen LogP contribution < -0.4 is 32.4 Å². The highest BCUT2D eigenvalue weighted by atomic mass is 35.5. The molecule has 2 aromatic rings. The molecular weight excluding hydrogens is 502 g/mol. The molecule has 2 heterocycles. The molecule has 4 rings (SSSR count). The number of nitriles is 1. The fourth-order valence-corrected chi connectivity index (χ4v) is 4.79. The predicted octanol–water partition coefficient (Wildman–Crippen LogP) is 3.81. The predicted molar refractivity (Wildman–Crippen MR) is 154 cm³/mol. The molecule has 198 valence electrons. The first kappa shape index (κ1) is 26.8. The Morgan fingerprint density at radius 1 is 1.26 bits per heavy atom. The molecule has 0 aliphatic carbocycles. The Bertz CT molecular complexity index is 1280. The van der Waals surface area contributed by atoms with Gasteiger partial charge in [-0.05, 0) is 54.8 Å². The van der Waals surface area contributed by atoms with Crippen molar-refractivity contribution in [3.63, 3.8) is 0 Å². The van der Waals surface area contributed by atoms with Gasteiger partial charge in [0.25, 0.3) is 0 Å². The maximum Gasteiger partial charge on any atom is 0.244 e. The van der Waals surface area contributed by atoms with E-state index in [0.717, 1.165) is 42.7 Å². The molecule has 2 unspecified atom stereocenters. The molecule has 0 saturated carbocycles. The second-order valence-electron chi connectivity index (χ2n) is 9.09. The molecule has 0 spiro atoms. The number of carbonyl (C=O) groups is 1. The molecule has 10 nitrogen and oxygen atoms in total. The number of hydrogen-bond donors (Lipinski definition) is 6. The van der Waals surface area contributed by atoms with Gasteiger partial charge in [-0.1, -0.05) is 30.5 Å². The van der Waals surface area contributed by atoms with Gasteiger partial charge >= 0.3 is 0 Å². The topological polar surface area (TPSA) is 152 Å². The number of anilines is 3. The largest absolute Gasteiger partial charge is 0.388 e. The molecule has 2 aliphatic rings. The molecule has 0 radical (unpaired) electrons. The second kappa shape index (κ2) is 12.8. The quantitative estimate of drug-likeness (QED) is 0.108. The summed E-state index contributed by atoms with van der Waals surface area (Å²) in [5, 5.41) is 29.9. The van der Waals surface area contributed by atoms with Crippen molar-refractivity contribution in [1.29, 1.82) is 5.26 Å². The van der Waals surface area contributed by atoms with E-state index in [-0.39, 0.29) is 18.0 Å². The summed E-state index contributed by atoms with van der Waals surface area (Å²) in [6.45, 7) is 0.818. The summed E-state index contributed by atoms with van der Waals surface area (Å²) in [6, 6.07) is 12.4.